The number of amides is 2. The van der Waals surface area contributed by atoms with E-state index in [0.29, 0.717) is 11.3 Å². The van der Waals surface area contributed by atoms with E-state index in [2.05, 4.69) is 15.4 Å². The van der Waals surface area contributed by atoms with Crippen LogP contribution in [-0.2, 0) is 19.6 Å². The van der Waals surface area contributed by atoms with Crippen molar-refractivity contribution in [3.8, 4) is 0 Å². The first-order chi connectivity index (χ1) is 12.6. The molecule has 7 nitrogen and oxygen atoms in total. The molecule has 2 aromatic rings. The van der Waals surface area contributed by atoms with Crippen molar-refractivity contribution < 1.29 is 22.4 Å². The highest BCUT2D eigenvalue weighted by atomic mass is 32.2. The summed E-state index contributed by atoms with van der Waals surface area (Å²) in [6, 6.07) is 8.62. The summed E-state index contributed by atoms with van der Waals surface area (Å²) in [5.41, 5.74) is 1.12. The van der Waals surface area contributed by atoms with E-state index in [9.17, 15) is 22.4 Å². The van der Waals surface area contributed by atoms with Crippen LogP contribution in [0.15, 0.2) is 47.4 Å². The van der Waals surface area contributed by atoms with Gasteiger partial charge in [0.25, 0.3) is 0 Å². The van der Waals surface area contributed by atoms with Crippen molar-refractivity contribution in [2.75, 3.05) is 10.6 Å². The van der Waals surface area contributed by atoms with Crippen LogP contribution in [0.2, 0.25) is 0 Å². The lowest BCUT2D eigenvalue weighted by Crippen LogP contribution is -2.41. The number of rotatable bonds is 6. The summed E-state index contributed by atoms with van der Waals surface area (Å²) in [6.07, 6.45) is 0. The minimum absolute atomic E-state index is 0.0577. The van der Waals surface area contributed by atoms with Crippen molar-refractivity contribution in [2.45, 2.75) is 31.7 Å². The van der Waals surface area contributed by atoms with Crippen molar-refractivity contribution in [3.05, 3.63) is 53.8 Å². The zero-order chi connectivity index (χ0) is 20.2. The fourth-order valence-electron chi connectivity index (χ4n) is 2.20. The fraction of sp³-hybridized carbons (Fsp3) is 0.222. The lowest BCUT2D eigenvalue weighted by molar-refractivity contribution is -0.117. The number of halogens is 1. The number of benzene rings is 2. The highest BCUT2D eigenvalue weighted by Gasteiger charge is 2.22. The van der Waals surface area contributed by atoms with Crippen LogP contribution in [-0.4, -0.2) is 26.3 Å². The average Bonchev–Trinajstić information content (AvgIpc) is 2.57. The molecule has 0 saturated carbocycles. The van der Waals surface area contributed by atoms with Gasteiger partial charge in [-0.2, -0.15) is 4.72 Å². The second kappa shape index (κ2) is 8.28. The van der Waals surface area contributed by atoms with Gasteiger partial charge < -0.3 is 10.6 Å². The van der Waals surface area contributed by atoms with E-state index in [1.165, 1.54) is 50.2 Å². The van der Waals surface area contributed by atoms with Gasteiger partial charge in [-0.1, -0.05) is 6.07 Å². The van der Waals surface area contributed by atoms with E-state index >= 15 is 0 Å². The molecule has 2 rings (SSSR count). The molecule has 0 aliphatic heterocycles. The van der Waals surface area contributed by atoms with Crippen LogP contribution in [0.25, 0.3) is 0 Å². The first-order valence-electron chi connectivity index (χ1n) is 8.05. The Balaban J connectivity index is 2.05. The molecule has 0 bridgehead atoms. The van der Waals surface area contributed by atoms with E-state index in [1.807, 2.05) is 0 Å². The van der Waals surface area contributed by atoms with Crippen molar-refractivity contribution in [3.63, 3.8) is 0 Å². The van der Waals surface area contributed by atoms with Crippen molar-refractivity contribution in [1.82, 2.24) is 4.72 Å². The Morgan fingerprint density at radius 2 is 1.59 bits per heavy atom. The average molecular weight is 393 g/mol. The Kier molecular flexibility index (Phi) is 6.29. The molecule has 0 aromatic heterocycles. The predicted octanol–water partition coefficient (Wildman–Crippen LogP) is 2.40. The lowest BCUT2D eigenvalue weighted by Gasteiger charge is -2.15. The molecule has 9 heteroatoms. The monoisotopic (exact) mass is 393 g/mol. The molecule has 0 spiro atoms. The van der Waals surface area contributed by atoms with Crippen molar-refractivity contribution in [2.24, 2.45) is 0 Å². The van der Waals surface area contributed by atoms with Crippen LogP contribution in [0.1, 0.15) is 19.4 Å². The van der Waals surface area contributed by atoms with Crippen LogP contribution in [0.4, 0.5) is 15.8 Å². The maximum absolute atomic E-state index is 13.5. The number of anilines is 2. The summed E-state index contributed by atoms with van der Waals surface area (Å²) in [7, 11) is -3.95. The van der Waals surface area contributed by atoms with Gasteiger partial charge in [-0.3, -0.25) is 9.59 Å². The zero-order valence-electron chi connectivity index (χ0n) is 15.0. The highest BCUT2D eigenvalue weighted by molar-refractivity contribution is 7.89. The van der Waals surface area contributed by atoms with Gasteiger partial charge in [0.15, 0.2) is 0 Å². The lowest BCUT2D eigenvalue weighted by atomic mass is 10.2. The van der Waals surface area contributed by atoms with Gasteiger partial charge in [-0.25, -0.2) is 12.8 Å². The van der Waals surface area contributed by atoms with Crippen molar-refractivity contribution in [1.29, 1.82) is 0 Å². The summed E-state index contributed by atoms with van der Waals surface area (Å²) in [5, 5.41) is 4.99. The van der Waals surface area contributed by atoms with E-state index < -0.39 is 27.8 Å². The van der Waals surface area contributed by atoms with Gasteiger partial charge in [0.2, 0.25) is 21.8 Å². The minimum atomic E-state index is -3.95. The van der Waals surface area contributed by atoms with Crippen LogP contribution < -0.4 is 15.4 Å². The van der Waals surface area contributed by atoms with Gasteiger partial charge in [0, 0.05) is 18.3 Å². The van der Waals surface area contributed by atoms with Crippen LogP contribution in [0.3, 0.4) is 0 Å². The number of hydrogen-bond acceptors (Lipinski definition) is 4. The number of sulfonamides is 1. The molecule has 2 amide bonds. The molecule has 2 aromatic carbocycles. The van der Waals surface area contributed by atoms with Gasteiger partial charge in [0.1, 0.15) is 5.82 Å². The number of carbonyl (C=O) groups is 2. The summed E-state index contributed by atoms with van der Waals surface area (Å²) in [4.78, 5) is 23.1. The molecule has 1 unspecified atom stereocenters. The predicted molar refractivity (Wildman–Crippen MR) is 100 cm³/mol. The van der Waals surface area contributed by atoms with E-state index in [1.54, 1.807) is 6.92 Å². The Hall–Kier alpha value is -2.78. The number of hydrogen-bond donors (Lipinski definition) is 3. The third kappa shape index (κ3) is 5.60. The van der Waals surface area contributed by atoms with Crippen LogP contribution in [0.5, 0.6) is 0 Å². The van der Waals surface area contributed by atoms with Gasteiger partial charge >= 0.3 is 0 Å². The molecular weight excluding hydrogens is 373 g/mol. The second-order valence-corrected chi connectivity index (χ2v) is 7.72. The number of carbonyl (C=O) groups excluding carboxylic acids is 2. The Bertz CT molecular complexity index is 959. The summed E-state index contributed by atoms with van der Waals surface area (Å²) < 4.78 is 40.6. The molecule has 144 valence electrons. The quantitative estimate of drug-likeness (QED) is 0.701. The van der Waals surface area contributed by atoms with Gasteiger partial charge in [0.05, 0.1) is 10.9 Å². The normalized spacial score (nSPS) is 12.3. The largest absolute Gasteiger partial charge is 0.326 e. The number of nitrogens with one attached hydrogen (secondary N) is 3. The van der Waals surface area contributed by atoms with Gasteiger partial charge in [-0.05, 0) is 55.8 Å². The van der Waals surface area contributed by atoms with Crippen LogP contribution in [0, 0.1) is 12.7 Å². The molecule has 27 heavy (non-hydrogen) atoms. The first kappa shape index (κ1) is 20.5. The highest BCUT2D eigenvalue weighted by Crippen LogP contribution is 2.16. The summed E-state index contributed by atoms with van der Waals surface area (Å²) >= 11 is 0. The Morgan fingerprint density at radius 3 is 2.15 bits per heavy atom. The molecule has 0 aliphatic carbocycles. The van der Waals surface area contributed by atoms with E-state index in [4.69, 9.17) is 0 Å². The van der Waals surface area contributed by atoms with Gasteiger partial charge in [-0.15, -0.1) is 0 Å². The smallest absolute Gasteiger partial charge is 0.242 e. The van der Waals surface area contributed by atoms with Crippen LogP contribution >= 0.6 is 0 Å². The van der Waals surface area contributed by atoms with E-state index in [0.717, 1.165) is 6.07 Å². The minimum Gasteiger partial charge on any atom is -0.326 e. The molecule has 0 saturated heterocycles. The molecule has 0 fully saturated rings. The maximum Gasteiger partial charge on any atom is 0.242 e. The molecule has 0 aliphatic rings. The molecular formula is C18H20FN3O4S. The maximum atomic E-state index is 13.5. The summed E-state index contributed by atoms with van der Waals surface area (Å²) in [6.45, 7) is 4.31. The topological polar surface area (TPSA) is 104 Å². The Morgan fingerprint density at radius 1 is 1.00 bits per heavy atom. The number of aryl methyl sites for hydroxylation is 1. The fourth-order valence-corrected chi connectivity index (χ4v) is 3.40. The molecule has 0 heterocycles. The Labute approximate surface area is 157 Å². The third-order valence-corrected chi connectivity index (χ3v) is 5.21. The zero-order valence-corrected chi connectivity index (χ0v) is 15.9. The van der Waals surface area contributed by atoms with E-state index in [-0.39, 0.29) is 16.5 Å². The molecule has 1 atom stereocenters. The van der Waals surface area contributed by atoms with Crippen molar-refractivity contribution >= 4 is 33.2 Å². The SMILES string of the molecule is CC(=O)Nc1ccc(S(=O)(=O)NC(C)C(=O)Nc2ccc(C)c(F)c2)cc1. The molecule has 0 radical (unpaired) electrons. The molecule has 3 N–H and O–H groups in total. The summed E-state index contributed by atoms with van der Waals surface area (Å²) in [5.74, 6) is -1.38. The standard InChI is InChI=1S/C18H20FN3O4S/c1-11-4-5-15(10-17(11)19)21-18(24)12(2)22-27(25,26)16-8-6-14(7-9-16)20-13(3)23/h4-10,12,22H,1-3H3,(H,20,23)(H,21,24). The first-order valence-corrected chi connectivity index (χ1v) is 9.54. The third-order valence-electron chi connectivity index (χ3n) is 3.65. The second-order valence-electron chi connectivity index (χ2n) is 6.00.